The van der Waals surface area contributed by atoms with Crippen LogP contribution in [0.25, 0.3) is 0 Å². The van der Waals surface area contributed by atoms with Crippen LogP contribution in [0, 0.1) is 0 Å². The number of primary sulfonamides is 1. The molecule has 2 aliphatic rings. The highest BCUT2D eigenvalue weighted by molar-refractivity contribution is 7.89. The van der Waals surface area contributed by atoms with Gasteiger partial charge in [0.25, 0.3) is 11.8 Å². The smallest absolute Gasteiger partial charge is 0.283 e. The Morgan fingerprint density at radius 1 is 0.955 bits per heavy atom. The third-order valence-electron chi connectivity index (χ3n) is 9.46. The Morgan fingerprint density at radius 2 is 1.59 bits per heavy atom. The summed E-state index contributed by atoms with van der Waals surface area (Å²) in [5.41, 5.74) is 0.597. The number of halogens is 3. The Morgan fingerprint density at radius 3 is 2.18 bits per heavy atom. The molecule has 2 fully saturated rings. The van der Waals surface area contributed by atoms with Crippen molar-refractivity contribution in [3.8, 4) is 0 Å². The summed E-state index contributed by atoms with van der Waals surface area (Å²) in [6, 6.07) is 9.62. The van der Waals surface area contributed by atoms with Crippen LogP contribution in [-0.2, 0) is 14.8 Å². The molecular formula is C31H43Cl3N5O4S+. The van der Waals surface area contributed by atoms with E-state index in [1.165, 1.54) is 18.2 Å². The number of amides is 2. The number of benzene rings is 2. The highest BCUT2D eigenvalue weighted by Gasteiger charge is 2.57. The minimum Gasteiger partial charge on any atom is -0.343 e. The molecule has 13 heteroatoms. The average Bonchev–Trinajstić information content (AvgIpc) is 3.00. The second-order valence-electron chi connectivity index (χ2n) is 12.4. The van der Waals surface area contributed by atoms with Crippen molar-refractivity contribution in [1.29, 1.82) is 0 Å². The number of nitrogens with two attached hydrogens (primary N) is 1. The topological polar surface area (TPSA) is 113 Å². The SMILES string of the molecule is CN(C)C(=O)C1([N+]2(CCC(CN(C)C(=O)c3ccc(Cl)c(S(N)(=O)=O)c3)c3ccc(Cl)c(Cl)c3)CCCCC2)CCNCC1. The minimum absolute atomic E-state index is 0.0463. The third kappa shape index (κ3) is 7.38. The highest BCUT2D eigenvalue weighted by Crippen LogP contribution is 2.40. The monoisotopic (exact) mass is 686 g/mol. The molecule has 1 atom stereocenters. The van der Waals surface area contributed by atoms with Gasteiger partial charge in [0.2, 0.25) is 10.0 Å². The number of nitrogens with zero attached hydrogens (tertiary/aromatic N) is 3. The van der Waals surface area contributed by atoms with Crippen molar-refractivity contribution in [2.75, 3.05) is 60.4 Å². The van der Waals surface area contributed by atoms with Crippen molar-refractivity contribution < 1.29 is 22.5 Å². The maximum atomic E-state index is 14.0. The molecule has 0 aliphatic carbocycles. The summed E-state index contributed by atoms with van der Waals surface area (Å²) >= 11 is 18.8. The molecule has 3 N–H and O–H groups in total. The van der Waals surface area contributed by atoms with Crippen LogP contribution in [-0.4, -0.2) is 100 Å². The van der Waals surface area contributed by atoms with E-state index in [0.29, 0.717) is 23.0 Å². The van der Waals surface area contributed by atoms with E-state index in [2.05, 4.69) is 5.32 Å². The number of likely N-dealkylation sites (tertiary alicyclic amines) is 1. The number of hydrogen-bond acceptors (Lipinski definition) is 5. The molecule has 2 aromatic carbocycles. The predicted molar refractivity (Wildman–Crippen MR) is 176 cm³/mol. The first-order chi connectivity index (χ1) is 20.7. The molecule has 0 radical (unpaired) electrons. The summed E-state index contributed by atoms with van der Waals surface area (Å²) in [6.45, 7) is 4.57. The van der Waals surface area contributed by atoms with Gasteiger partial charge in [0.05, 0.1) is 34.7 Å². The van der Waals surface area contributed by atoms with E-state index in [4.69, 9.17) is 39.9 Å². The quantitative estimate of drug-likeness (QED) is 0.350. The Labute approximate surface area is 276 Å². The van der Waals surface area contributed by atoms with E-state index in [1.807, 2.05) is 26.2 Å². The first-order valence-corrected chi connectivity index (χ1v) is 17.7. The second kappa shape index (κ2) is 14.2. The molecule has 2 heterocycles. The lowest BCUT2D eigenvalue weighted by Gasteiger charge is -2.56. The molecule has 242 valence electrons. The van der Waals surface area contributed by atoms with Gasteiger partial charge in [-0.05, 0) is 55.2 Å². The number of carbonyl (C=O) groups excluding carboxylic acids is 2. The number of quaternary nitrogens is 1. The lowest BCUT2D eigenvalue weighted by atomic mass is 9.79. The van der Waals surface area contributed by atoms with Gasteiger partial charge in [-0.15, -0.1) is 0 Å². The summed E-state index contributed by atoms with van der Waals surface area (Å²) in [4.78, 5) is 30.6. The van der Waals surface area contributed by atoms with Gasteiger partial charge in [0.15, 0.2) is 5.54 Å². The molecule has 4 rings (SSSR count). The Hall–Kier alpha value is -1.92. The van der Waals surface area contributed by atoms with Crippen LogP contribution in [0.15, 0.2) is 41.3 Å². The van der Waals surface area contributed by atoms with Gasteiger partial charge in [0, 0.05) is 71.5 Å². The Kier molecular flexibility index (Phi) is 11.3. The standard InChI is InChI=1S/C31H43Cl3N5O4S/c1-37(2)30(41)31(12-14-36-15-13-31)39(16-5-4-6-17-39)18-11-24(22-7-9-25(32)27(34)19-22)21-38(3)29(40)23-8-10-26(33)28(20-23)44(35,42)43/h7-10,19-20,24,36H,4-6,11-18,21H2,1-3H3,(H2,35,42,43)/q+1. The molecule has 0 saturated carbocycles. The predicted octanol–water partition coefficient (Wildman–Crippen LogP) is 4.75. The highest BCUT2D eigenvalue weighted by atomic mass is 35.5. The second-order valence-corrected chi connectivity index (χ2v) is 15.1. The number of carbonyl (C=O) groups is 2. The largest absolute Gasteiger partial charge is 0.343 e. The van der Waals surface area contributed by atoms with E-state index >= 15 is 0 Å². The van der Waals surface area contributed by atoms with Crippen LogP contribution in [0.4, 0.5) is 0 Å². The molecule has 0 spiro atoms. The van der Waals surface area contributed by atoms with Gasteiger partial charge in [-0.1, -0.05) is 40.9 Å². The summed E-state index contributed by atoms with van der Waals surface area (Å²) in [5.74, 6) is -0.308. The molecule has 2 aliphatic heterocycles. The van der Waals surface area contributed by atoms with Crippen LogP contribution in [0.2, 0.25) is 15.1 Å². The van der Waals surface area contributed by atoms with Crippen LogP contribution in [0.3, 0.4) is 0 Å². The lowest BCUT2D eigenvalue weighted by Crippen LogP contribution is -2.74. The van der Waals surface area contributed by atoms with Crippen molar-refractivity contribution in [3.05, 3.63) is 62.6 Å². The number of sulfonamides is 1. The van der Waals surface area contributed by atoms with Gasteiger partial charge in [-0.2, -0.15) is 0 Å². The zero-order chi connectivity index (χ0) is 32.3. The maximum absolute atomic E-state index is 14.0. The van der Waals surface area contributed by atoms with Crippen LogP contribution < -0.4 is 10.5 Å². The number of likely N-dealkylation sites (N-methyl/N-ethyl adjacent to an activating group) is 2. The van der Waals surface area contributed by atoms with Gasteiger partial charge in [-0.25, -0.2) is 13.6 Å². The molecular weight excluding hydrogens is 645 g/mol. The lowest BCUT2D eigenvalue weighted by molar-refractivity contribution is -0.972. The van der Waals surface area contributed by atoms with E-state index in [0.717, 1.165) is 74.9 Å². The maximum Gasteiger partial charge on any atom is 0.283 e. The van der Waals surface area contributed by atoms with Crippen molar-refractivity contribution in [1.82, 2.24) is 15.1 Å². The molecule has 0 bridgehead atoms. The zero-order valence-electron chi connectivity index (χ0n) is 25.6. The number of rotatable bonds is 10. The molecule has 2 amide bonds. The fraction of sp³-hybridized carbons (Fsp3) is 0.548. The van der Waals surface area contributed by atoms with Crippen molar-refractivity contribution in [3.63, 3.8) is 0 Å². The van der Waals surface area contributed by atoms with E-state index in [1.54, 1.807) is 22.9 Å². The summed E-state index contributed by atoms with van der Waals surface area (Å²) in [6.07, 6.45) is 5.54. The summed E-state index contributed by atoms with van der Waals surface area (Å²) in [5, 5.41) is 9.61. The van der Waals surface area contributed by atoms with Gasteiger partial charge >= 0.3 is 0 Å². The molecule has 2 aromatic rings. The molecule has 0 aromatic heterocycles. The fourth-order valence-corrected chi connectivity index (χ4v) is 8.53. The minimum atomic E-state index is -4.12. The summed E-state index contributed by atoms with van der Waals surface area (Å²) < 4.78 is 24.8. The Balaban J connectivity index is 1.68. The van der Waals surface area contributed by atoms with Gasteiger partial charge < -0.3 is 19.6 Å². The van der Waals surface area contributed by atoms with Crippen LogP contribution >= 0.6 is 34.8 Å². The van der Waals surface area contributed by atoms with Gasteiger partial charge in [0.1, 0.15) is 4.90 Å². The molecule has 1 unspecified atom stereocenters. The molecule has 44 heavy (non-hydrogen) atoms. The van der Waals surface area contributed by atoms with Crippen molar-refractivity contribution in [2.24, 2.45) is 5.14 Å². The van der Waals surface area contributed by atoms with Gasteiger partial charge in [-0.3, -0.25) is 9.59 Å². The average molecular weight is 688 g/mol. The number of hydrogen-bond donors (Lipinski definition) is 2. The number of nitrogens with one attached hydrogen (secondary N) is 1. The first kappa shape index (κ1) is 34.9. The third-order valence-corrected chi connectivity index (χ3v) is 11.6. The van der Waals surface area contributed by atoms with E-state index < -0.39 is 15.6 Å². The number of piperidine rings is 2. The molecule has 2 saturated heterocycles. The van der Waals surface area contributed by atoms with Crippen LogP contribution in [0.1, 0.15) is 60.4 Å². The normalized spacial score (nSPS) is 18.8. The fourth-order valence-electron chi connectivity index (χ4n) is 7.15. The Bertz CT molecular complexity index is 1470. The van der Waals surface area contributed by atoms with E-state index in [-0.39, 0.29) is 33.2 Å². The van der Waals surface area contributed by atoms with Crippen molar-refractivity contribution >= 4 is 56.6 Å². The van der Waals surface area contributed by atoms with E-state index in [9.17, 15) is 18.0 Å². The zero-order valence-corrected chi connectivity index (χ0v) is 28.7. The summed E-state index contributed by atoms with van der Waals surface area (Å²) in [7, 11) is 1.27. The first-order valence-electron chi connectivity index (χ1n) is 15.0. The van der Waals surface area contributed by atoms with Crippen LogP contribution in [0.5, 0.6) is 0 Å². The van der Waals surface area contributed by atoms with Crippen molar-refractivity contribution in [2.45, 2.75) is 54.9 Å². The molecule has 9 nitrogen and oxygen atoms in total.